The molecule has 12 rings (SSSR count). The van der Waals surface area contributed by atoms with E-state index in [1.807, 2.05) is 164 Å². The van der Waals surface area contributed by atoms with Gasteiger partial charge in [0.25, 0.3) is 11.1 Å². The number of para-hydroxylation sites is 2. The average Bonchev–Trinajstić information content (AvgIpc) is 1.04. The number of fused-ring (bicyclic) bond motifs is 3. The van der Waals surface area contributed by atoms with Crippen molar-refractivity contribution < 1.29 is 51.5 Å². The number of halogens is 3. The van der Waals surface area contributed by atoms with Crippen LogP contribution in [0, 0.1) is 17.5 Å². The van der Waals surface area contributed by atoms with E-state index in [0.29, 0.717) is 144 Å². The summed E-state index contributed by atoms with van der Waals surface area (Å²) in [5.41, 5.74) is 51.7. The number of nitrogens with two attached hydrogens (primary N) is 8. The number of aryl methyl sites for hydroxylation is 3. The highest BCUT2D eigenvalue weighted by Crippen LogP contribution is 2.23. The highest BCUT2D eigenvalue weighted by Gasteiger charge is 2.30. The molecule has 0 aliphatic carbocycles. The van der Waals surface area contributed by atoms with Gasteiger partial charge < -0.3 is 98.4 Å². The SMILES string of the molecule is NCCC[C@H](N)C(=O)N[C@H](CCc1ccccc1)C(=O)NCc1nc(-c2ccccc2)ns1.NCCC[C@H](N)C(=O)N[C@H](CCc1ccccc1)C(=O)Nc1cc2ccccc2[nH]c1=O.NCCC[C@H](N)C(=O)N[C@H](CCc1ccccc1)C(=O)Nc1cc2ccccc2[nH]c1=O.NCCC[C@H](N)C(=O)N[C@H](Cc1cc(F)c(F)c(F)c1)C(=O)Nc1ccc2ncccc2c1. The lowest BCUT2D eigenvalue weighted by atomic mass is 10.0. The number of nitrogens with zero attached hydrogens (tertiary/aromatic N) is 3. The van der Waals surface area contributed by atoms with E-state index in [0.717, 1.165) is 56.1 Å². The van der Waals surface area contributed by atoms with Crippen molar-refractivity contribution in [1.82, 2.24) is 50.9 Å². The molecule has 0 fully saturated rings. The fourth-order valence-corrected chi connectivity index (χ4v) is 14.1. The second-order valence-electron chi connectivity index (χ2n) is 30.7. The molecule has 4 aromatic heterocycles. The van der Waals surface area contributed by atoms with Crippen molar-refractivity contribution >= 4 is 109 Å². The van der Waals surface area contributed by atoms with Gasteiger partial charge in [-0.1, -0.05) is 164 Å². The molecule has 684 valence electrons. The van der Waals surface area contributed by atoms with Crippen molar-refractivity contribution in [2.24, 2.45) is 45.9 Å². The summed E-state index contributed by atoms with van der Waals surface area (Å²) in [6, 6.07) is 60.0. The zero-order valence-corrected chi connectivity index (χ0v) is 72.6. The maximum absolute atomic E-state index is 13.7. The summed E-state index contributed by atoms with van der Waals surface area (Å²) < 4.78 is 45.0. The highest BCUT2D eigenvalue weighted by molar-refractivity contribution is 7.05. The number of hydrogen-bond acceptors (Lipinski definition) is 22. The molecule has 0 aliphatic rings. The molecule has 0 saturated carbocycles. The number of rotatable bonds is 41. The van der Waals surface area contributed by atoms with Gasteiger partial charge in [0.2, 0.25) is 47.3 Å². The Bertz CT molecular complexity index is 5610. The first-order chi connectivity index (χ1) is 62.8. The molecule has 8 atom stereocenters. The van der Waals surface area contributed by atoms with Gasteiger partial charge in [0.1, 0.15) is 40.5 Å². The minimum absolute atomic E-state index is 0.00917. The van der Waals surface area contributed by atoms with Crippen LogP contribution in [0.25, 0.3) is 44.1 Å². The molecule has 130 heavy (non-hydrogen) atoms. The zero-order chi connectivity index (χ0) is 93.3. The van der Waals surface area contributed by atoms with Gasteiger partial charge in [-0.3, -0.25) is 52.9 Å². The first-order valence-corrected chi connectivity index (χ1v) is 43.5. The van der Waals surface area contributed by atoms with Crippen LogP contribution in [0.4, 0.5) is 30.2 Å². The van der Waals surface area contributed by atoms with Crippen molar-refractivity contribution in [2.45, 2.75) is 151 Å². The van der Waals surface area contributed by atoms with Crippen molar-refractivity contribution in [3.8, 4) is 11.4 Å². The van der Waals surface area contributed by atoms with Crippen LogP contribution in [0.2, 0.25) is 0 Å². The van der Waals surface area contributed by atoms with Gasteiger partial charge in [-0.2, -0.15) is 4.37 Å². The maximum atomic E-state index is 13.7. The number of amides is 8. The molecule has 0 unspecified atom stereocenters. The van der Waals surface area contributed by atoms with E-state index < -0.39 is 112 Å². The van der Waals surface area contributed by atoms with Crippen LogP contribution in [0.3, 0.4) is 0 Å². The second kappa shape index (κ2) is 52.6. The molecule has 26 N–H and O–H groups in total. The predicted molar refractivity (Wildman–Crippen MR) is 501 cm³/mol. The molecule has 0 saturated heterocycles. The lowest BCUT2D eigenvalue weighted by Gasteiger charge is -2.21. The minimum Gasteiger partial charge on any atom is -0.348 e. The van der Waals surface area contributed by atoms with E-state index in [4.69, 9.17) is 45.9 Å². The number of pyridine rings is 3. The number of carbonyl (C=O) groups excluding carboxylic acids is 8. The van der Waals surface area contributed by atoms with Gasteiger partial charge in [-0.15, -0.1) is 0 Å². The number of aromatic nitrogens is 5. The maximum Gasteiger partial charge on any atom is 0.272 e. The molecule has 0 spiro atoms. The van der Waals surface area contributed by atoms with Crippen molar-refractivity contribution in [1.29, 1.82) is 0 Å². The fourth-order valence-electron chi connectivity index (χ4n) is 13.5. The Morgan fingerprint density at radius 3 is 1.18 bits per heavy atom. The van der Waals surface area contributed by atoms with Crippen molar-refractivity contribution in [2.75, 3.05) is 42.1 Å². The fraction of sp³-hybridized carbons (Fsp3) is 0.295. The largest absolute Gasteiger partial charge is 0.348 e. The molecular formula is C95H112F3N21O10S. The lowest BCUT2D eigenvalue weighted by Crippen LogP contribution is -2.51. The molecule has 8 amide bonds. The Morgan fingerprint density at radius 1 is 0.385 bits per heavy atom. The summed E-state index contributed by atoms with van der Waals surface area (Å²) in [7, 11) is 0. The summed E-state index contributed by atoms with van der Waals surface area (Å²) in [4.78, 5) is 141. The third-order valence-corrected chi connectivity index (χ3v) is 21.5. The van der Waals surface area contributed by atoms with Crippen molar-refractivity contribution in [3.05, 3.63) is 296 Å². The topological polar surface area (TPSA) is 545 Å². The quantitative estimate of drug-likeness (QED) is 0.0163. The third kappa shape index (κ3) is 32.3. The molecule has 0 aliphatic heterocycles. The number of carbonyl (C=O) groups is 8. The monoisotopic (exact) mass is 1800 g/mol. The third-order valence-electron chi connectivity index (χ3n) is 20.7. The van der Waals surface area contributed by atoms with Crippen LogP contribution in [0.1, 0.15) is 97.9 Å². The van der Waals surface area contributed by atoms with Crippen LogP contribution in [0.5, 0.6) is 0 Å². The first-order valence-electron chi connectivity index (χ1n) is 42.8. The van der Waals surface area contributed by atoms with E-state index in [9.17, 15) is 61.1 Å². The Balaban J connectivity index is 0.000000195. The Morgan fingerprint density at radius 2 is 0.762 bits per heavy atom. The number of nitrogens with one attached hydrogen (secondary N) is 10. The number of anilines is 3. The molecule has 0 bridgehead atoms. The van der Waals surface area contributed by atoms with Gasteiger partial charge in [0, 0.05) is 51.1 Å². The molecule has 8 aromatic carbocycles. The van der Waals surface area contributed by atoms with Crippen LogP contribution < -0.4 is 99.5 Å². The zero-order valence-electron chi connectivity index (χ0n) is 71.8. The van der Waals surface area contributed by atoms with Gasteiger partial charge >= 0.3 is 0 Å². The van der Waals surface area contributed by atoms with Gasteiger partial charge in [-0.25, -0.2) is 18.2 Å². The Kier molecular flexibility index (Phi) is 40.5. The first kappa shape index (κ1) is 100. The summed E-state index contributed by atoms with van der Waals surface area (Å²) in [5, 5.41) is 24.8. The normalized spacial score (nSPS) is 12.8. The second-order valence-corrected chi connectivity index (χ2v) is 31.6. The molecule has 31 nitrogen and oxygen atoms in total. The smallest absolute Gasteiger partial charge is 0.272 e. The van der Waals surface area contributed by atoms with Crippen molar-refractivity contribution in [3.63, 3.8) is 0 Å². The van der Waals surface area contributed by atoms with Gasteiger partial charge in [0.15, 0.2) is 23.3 Å². The summed E-state index contributed by atoms with van der Waals surface area (Å²) >= 11 is 1.24. The molecular weight excluding hydrogens is 1680 g/mol. The lowest BCUT2D eigenvalue weighted by molar-refractivity contribution is -0.130. The van der Waals surface area contributed by atoms with Crippen LogP contribution in [0.15, 0.2) is 240 Å². The van der Waals surface area contributed by atoms with Crippen LogP contribution >= 0.6 is 11.5 Å². The van der Waals surface area contributed by atoms with E-state index in [2.05, 4.69) is 66.8 Å². The summed E-state index contributed by atoms with van der Waals surface area (Å²) in [6.07, 6.45) is 8.33. The van der Waals surface area contributed by atoms with E-state index >= 15 is 0 Å². The Labute approximate surface area is 753 Å². The summed E-state index contributed by atoms with van der Waals surface area (Å²) in [5.74, 6) is -7.42. The van der Waals surface area contributed by atoms with Crippen LogP contribution in [-0.2, 0) is 70.6 Å². The number of aromatic amines is 2. The van der Waals surface area contributed by atoms with E-state index in [1.54, 1.807) is 54.7 Å². The average molecular weight is 1800 g/mol. The number of H-pyrrole nitrogens is 2. The standard InChI is InChI=1S/C24H30N6O2S.2C24H29N5O3.C23H24F3N5O2/c25-15-7-12-19(26)23(31)28-20(14-13-17-8-3-1-4-9-17)24(32)27-16-21-29-22(30-33-21)18-10-5-2-6-11-18;2*25-14-6-10-18(26)22(30)28-20(13-12-16-7-2-1-3-8-16)23(31)29-21-15-17-9-4-5-11-19(17)27-24(21)32;24-16-9-13(10-17(25)21(16)26)11-20(31-22(32)18(28)4-1-7-27)23(33)30-15-5-6-19-14(12-15)3-2-8-29-19/h1-6,8-11,19-20H,7,12-16,25-26H2,(H,27,32)(H,28,31);2*1-5,7-9,11,15,18,20H,6,10,12-14,25-26H2,(H,27,32)(H,28,30)(H,29,31);2-3,5-6,8-10,12,18,20H,1,4,7,11,27-28H2,(H,30,33)(H,31,32)/t19-,20+;3*18-,20+/m0000/s1. The molecule has 0 radical (unpaired) electrons. The van der Waals surface area contributed by atoms with Crippen LogP contribution in [-0.4, -0.2) is 146 Å². The highest BCUT2D eigenvalue weighted by atomic mass is 32.1. The van der Waals surface area contributed by atoms with E-state index in [-0.39, 0.29) is 41.7 Å². The van der Waals surface area contributed by atoms with Gasteiger partial charge in [-0.05, 0) is 211 Å². The minimum atomic E-state index is -1.61. The summed E-state index contributed by atoms with van der Waals surface area (Å²) in [6.45, 7) is 1.91. The number of benzene rings is 8. The molecule has 12 aromatic rings. The van der Waals surface area contributed by atoms with E-state index in [1.165, 1.54) is 11.5 Å². The molecule has 4 heterocycles. The Hall–Kier alpha value is -13.6. The number of hydrogen-bond donors (Lipinski definition) is 18. The van der Waals surface area contributed by atoms with Gasteiger partial charge in [0.05, 0.1) is 36.2 Å². The molecule has 35 heteroatoms. The predicted octanol–water partition coefficient (Wildman–Crippen LogP) is 7.69.